The Kier molecular flexibility index (Phi) is 5.54. The molecule has 1 N–H and O–H groups in total. The highest BCUT2D eigenvalue weighted by Gasteiger charge is 2.13. The number of nitrogens with zero attached hydrogens (tertiary/aromatic N) is 2. The number of hydrazone groups is 1. The molecule has 0 radical (unpaired) electrons. The zero-order valence-electron chi connectivity index (χ0n) is 15.0. The third kappa shape index (κ3) is 4.20. The number of carbonyl (C=O) groups excluding carboxylic acids is 1. The van der Waals surface area contributed by atoms with Gasteiger partial charge in [0.15, 0.2) is 0 Å². The molecule has 0 aliphatic heterocycles. The minimum Gasteiger partial charge on any atom is -0.455 e. The molecule has 0 unspecified atom stereocenters. The average molecular weight is 460 g/mol. The van der Waals surface area contributed by atoms with Crippen LogP contribution in [0.5, 0.6) is 0 Å². The van der Waals surface area contributed by atoms with Gasteiger partial charge >= 0.3 is 0 Å². The molecule has 0 atom stereocenters. The minimum absolute atomic E-state index is 0.0281. The van der Waals surface area contributed by atoms with Gasteiger partial charge in [-0.1, -0.05) is 23.2 Å². The van der Waals surface area contributed by atoms with E-state index in [-0.39, 0.29) is 5.69 Å². The topological polar surface area (TPSA) is 97.7 Å². The van der Waals surface area contributed by atoms with Crippen LogP contribution in [0.2, 0.25) is 10.0 Å². The Morgan fingerprint density at radius 1 is 1.13 bits per heavy atom. The number of nitro groups is 1. The lowest BCUT2D eigenvalue weighted by molar-refractivity contribution is -0.384. The van der Waals surface area contributed by atoms with Crippen molar-refractivity contribution in [3.8, 4) is 11.3 Å². The summed E-state index contributed by atoms with van der Waals surface area (Å²) in [6.45, 7) is 0. The lowest BCUT2D eigenvalue weighted by Crippen LogP contribution is -2.15. The Hall–Kier alpha value is -3.20. The first-order chi connectivity index (χ1) is 14.4. The summed E-state index contributed by atoms with van der Waals surface area (Å²) >= 11 is 13.3. The van der Waals surface area contributed by atoms with Gasteiger partial charge in [0.1, 0.15) is 11.5 Å². The molecule has 0 fully saturated rings. The van der Waals surface area contributed by atoms with Crippen LogP contribution < -0.4 is 5.43 Å². The van der Waals surface area contributed by atoms with Crippen molar-refractivity contribution in [2.45, 2.75) is 0 Å². The van der Waals surface area contributed by atoms with Gasteiger partial charge in [0.05, 0.1) is 21.0 Å². The molecule has 4 rings (SSSR count). The number of amides is 1. The first-order valence-electron chi connectivity index (χ1n) is 8.47. The lowest BCUT2D eigenvalue weighted by Gasteiger charge is -2.00. The monoisotopic (exact) mass is 459 g/mol. The predicted molar refractivity (Wildman–Crippen MR) is 118 cm³/mol. The number of carbonyl (C=O) groups is 1. The van der Waals surface area contributed by atoms with E-state index in [9.17, 15) is 14.9 Å². The van der Waals surface area contributed by atoms with Crippen LogP contribution >= 0.6 is 34.5 Å². The average Bonchev–Trinajstić information content (AvgIpc) is 3.34. The second-order valence-electron chi connectivity index (χ2n) is 6.12. The maximum absolute atomic E-state index is 12.3. The standard InChI is InChI=1S/C20H11Cl2N3O4S/c21-12-1-4-15(16(22)9-12)17-5-3-14(29-17)10-23-24-20(26)19-8-11-7-13(25(27)28)2-6-18(11)30-19/h1-10H,(H,24,26)/b23-10+. The molecule has 1 amide bonds. The van der Waals surface area contributed by atoms with Gasteiger partial charge in [-0.2, -0.15) is 5.10 Å². The summed E-state index contributed by atoms with van der Waals surface area (Å²) in [5.41, 5.74) is 3.07. The summed E-state index contributed by atoms with van der Waals surface area (Å²) in [6, 6.07) is 14.5. The summed E-state index contributed by atoms with van der Waals surface area (Å²) < 4.78 is 6.44. The quantitative estimate of drug-likeness (QED) is 0.220. The molecule has 2 aromatic heterocycles. The van der Waals surface area contributed by atoms with Crippen LogP contribution in [0.15, 0.2) is 64.1 Å². The van der Waals surface area contributed by atoms with E-state index in [0.29, 0.717) is 37.4 Å². The molecular formula is C20H11Cl2N3O4S. The molecule has 150 valence electrons. The van der Waals surface area contributed by atoms with Crippen molar-refractivity contribution in [3.05, 3.63) is 85.4 Å². The first kappa shape index (κ1) is 20.1. The van der Waals surface area contributed by atoms with E-state index in [1.54, 1.807) is 42.5 Å². The molecule has 4 aromatic rings. The van der Waals surface area contributed by atoms with Crippen molar-refractivity contribution in [2.24, 2.45) is 5.10 Å². The van der Waals surface area contributed by atoms with E-state index in [1.165, 1.54) is 29.7 Å². The molecular weight excluding hydrogens is 449 g/mol. The molecule has 0 aliphatic carbocycles. The number of hydrogen-bond donors (Lipinski definition) is 1. The molecule has 2 heterocycles. The van der Waals surface area contributed by atoms with Gasteiger partial charge in [-0.05, 0) is 42.5 Å². The SMILES string of the molecule is O=C(N/N=C/c1ccc(-c2ccc(Cl)cc2Cl)o1)c1cc2cc([N+](=O)[O-])ccc2s1. The summed E-state index contributed by atoms with van der Waals surface area (Å²) in [4.78, 5) is 23.1. The largest absolute Gasteiger partial charge is 0.455 e. The smallest absolute Gasteiger partial charge is 0.281 e. The number of rotatable bonds is 5. The molecule has 30 heavy (non-hydrogen) atoms. The maximum Gasteiger partial charge on any atom is 0.281 e. The fourth-order valence-electron chi connectivity index (χ4n) is 2.72. The van der Waals surface area contributed by atoms with E-state index >= 15 is 0 Å². The van der Waals surface area contributed by atoms with Crippen LogP contribution in [-0.4, -0.2) is 17.0 Å². The van der Waals surface area contributed by atoms with Crippen LogP contribution in [0.3, 0.4) is 0 Å². The molecule has 0 saturated heterocycles. The van der Waals surface area contributed by atoms with Gasteiger partial charge in [0.25, 0.3) is 11.6 Å². The molecule has 0 spiro atoms. The fourth-order valence-corrected chi connectivity index (χ4v) is 4.16. The van der Waals surface area contributed by atoms with Crippen molar-refractivity contribution in [1.82, 2.24) is 5.43 Å². The highest BCUT2D eigenvalue weighted by atomic mass is 35.5. The predicted octanol–water partition coefficient (Wildman–Crippen LogP) is 6.14. The van der Waals surface area contributed by atoms with E-state index in [1.807, 2.05) is 0 Å². The zero-order valence-corrected chi connectivity index (χ0v) is 17.3. The highest BCUT2D eigenvalue weighted by Crippen LogP contribution is 2.31. The van der Waals surface area contributed by atoms with E-state index < -0.39 is 10.8 Å². The number of non-ortho nitro benzene ring substituents is 1. The van der Waals surface area contributed by atoms with Crippen molar-refractivity contribution in [3.63, 3.8) is 0 Å². The molecule has 2 aromatic carbocycles. The number of hydrogen-bond acceptors (Lipinski definition) is 6. The maximum atomic E-state index is 12.3. The Balaban J connectivity index is 1.46. The van der Waals surface area contributed by atoms with Crippen LogP contribution in [-0.2, 0) is 0 Å². The lowest BCUT2D eigenvalue weighted by atomic mass is 10.2. The Labute approximate surface area is 183 Å². The first-order valence-corrected chi connectivity index (χ1v) is 10.0. The van der Waals surface area contributed by atoms with E-state index in [0.717, 1.165) is 4.70 Å². The van der Waals surface area contributed by atoms with Gasteiger partial charge in [0, 0.05) is 32.8 Å². The Morgan fingerprint density at radius 2 is 1.97 bits per heavy atom. The van der Waals surface area contributed by atoms with Gasteiger partial charge in [-0.25, -0.2) is 5.43 Å². The summed E-state index contributed by atoms with van der Waals surface area (Å²) in [7, 11) is 0. The number of nitrogens with one attached hydrogen (secondary N) is 1. The minimum atomic E-state index is -0.476. The van der Waals surface area contributed by atoms with E-state index in [2.05, 4.69) is 10.5 Å². The second-order valence-corrected chi connectivity index (χ2v) is 8.04. The van der Waals surface area contributed by atoms with Crippen molar-refractivity contribution >= 4 is 62.4 Å². The molecule has 0 bridgehead atoms. The van der Waals surface area contributed by atoms with Gasteiger partial charge in [0.2, 0.25) is 0 Å². The van der Waals surface area contributed by atoms with Crippen molar-refractivity contribution < 1.29 is 14.1 Å². The summed E-state index contributed by atoms with van der Waals surface area (Å²) in [6.07, 6.45) is 1.36. The van der Waals surface area contributed by atoms with Crippen LogP contribution in [0.25, 0.3) is 21.4 Å². The number of benzene rings is 2. The third-order valence-corrected chi connectivity index (χ3v) is 5.78. The van der Waals surface area contributed by atoms with E-state index in [4.69, 9.17) is 27.6 Å². The fraction of sp³-hybridized carbons (Fsp3) is 0. The molecule has 10 heteroatoms. The van der Waals surface area contributed by atoms with Crippen molar-refractivity contribution in [1.29, 1.82) is 0 Å². The van der Waals surface area contributed by atoms with Crippen LogP contribution in [0, 0.1) is 10.1 Å². The van der Waals surface area contributed by atoms with Crippen LogP contribution in [0.1, 0.15) is 15.4 Å². The summed E-state index contributed by atoms with van der Waals surface area (Å²) in [5.74, 6) is 0.529. The number of fused-ring (bicyclic) bond motifs is 1. The van der Waals surface area contributed by atoms with Crippen molar-refractivity contribution in [2.75, 3.05) is 0 Å². The highest BCUT2D eigenvalue weighted by molar-refractivity contribution is 7.20. The molecule has 0 saturated carbocycles. The van der Waals surface area contributed by atoms with Gasteiger partial charge in [-0.3, -0.25) is 14.9 Å². The third-order valence-electron chi connectivity index (χ3n) is 4.12. The zero-order chi connectivity index (χ0) is 21.3. The molecule has 7 nitrogen and oxygen atoms in total. The van der Waals surface area contributed by atoms with Crippen LogP contribution in [0.4, 0.5) is 5.69 Å². The number of halogens is 2. The summed E-state index contributed by atoms with van der Waals surface area (Å²) in [5, 5.41) is 16.4. The second kappa shape index (κ2) is 8.27. The van der Waals surface area contributed by atoms with Gasteiger partial charge in [-0.15, -0.1) is 11.3 Å². The Morgan fingerprint density at radius 3 is 2.73 bits per heavy atom. The number of nitro benzene ring substituents is 1. The molecule has 0 aliphatic rings. The number of furan rings is 1. The normalized spacial score (nSPS) is 11.3. The Bertz CT molecular complexity index is 1310. The number of thiophene rings is 1. The van der Waals surface area contributed by atoms with Gasteiger partial charge < -0.3 is 4.42 Å².